The van der Waals surface area contributed by atoms with Gasteiger partial charge in [0.15, 0.2) is 0 Å². The van der Waals surface area contributed by atoms with Crippen molar-refractivity contribution in [2.75, 3.05) is 0 Å². The minimum absolute atomic E-state index is 0.0510. The third-order valence-electron chi connectivity index (χ3n) is 3.09. The first-order chi connectivity index (χ1) is 10.6. The molecule has 8 heteroatoms. The van der Waals surface area contributed by atoms with Gasteiger partial charge >= 0.3 is 12.1 Å². The number of hydrogen-bond acceptors (Lipinski definition) is 3. The van der Waals surface area contributed by atoms with E-state index in [0.717, 1.165) is 24.3 Å². The van der Waals surface area contributed by atoms with E-state index in [0.29, 0.717) is 5.56 Å². The van der Waals surface area contributed by atoms with Gasteiger partial charge in [-0.3, -0.25) is 4.79 Å². The van der Waals surface area contributed by atoms with Crippen LogP contribution in [0.2, 0.25) is 0 Å². The van der Waals surface area contributed by atoms with Gasteiger partial charge in [0.05, 0.1) is 18.1 Å². The number of nitriles is 1. The lowest BCUT2D eigenvalue weighted by molar-refractivity contribution is -0.142. The van der Waals surface area contributed by atoms with Crippen LogP contribution in [-0.2, 0) is 22.2 Å². The molecular formula is C15H15F3N2O3. The molecule has 0 bridgehead atoms. The number of halogens is 3. The first kappa shape index (κ1) is 18.5. The van der Waals surface area contributed by atoms with Crippen molar-refractivity contribution in [2.24, 2.45) is 5.92 Å². The minimum Gasteiger partial charge on any atom is -0.480 e. The quantitative estimate of drug-likeness (QED) is 0.839. The van der Waals surface area contributed by atoms with Gasteiger partial charge in [-0.25, -0.2) is 4.79 Å². The van der Waals surface area contributed by atoms with Gasteiger partial charge in [-0.2, -0.15) is 18.4 Å². The molecule has 0 saturated carbocycles. The minimum atomic E-state index is -4.46. The molecule has 1 aromatic rings. The van der Waals surface area contributed by atoms with E-state index >= 15 is 0 Å². The third-order valence-corrected chi connectivity index (χ3v) is 3.09. The molecule has 0 unspecified atom stereocenters. The molecule has 0 fully saturated rings. The second-order valence-corrected chi connectivity index (χ2v) is 5.10. The Morgan fingerprint density at radius 1 is 1.30 bits per heavy atom. The number of alkyl halides is 3. The average molecular weight is 328 g/mol. The lowest BCUT2D eigenvalue weighted by atomic mass is 10.0. The van der Waals surface area contributed by atoms with Crippen molar-refractivity contribution in [1.82, 2.24) is 5.32 Å². The van der Waals surface area contributed by atoms with Crippen molar-refractivity contribution in [2.45, 2.75) is 32.0 Å². The Balaban J connectivity index is 2.68. The molecule has 5 nitrogen and oxygen atoms in total. The van der Waals surface area contributed by atoms with Crippen LogP contribution in [0, 0.1) is 17.2 Å². The number of aliphatic carboxylic acids is 1. The zero-order valence-corrected chi connectivity index (χ0v) is 12.2. The van der Waals surface area contributed by atoms with Crippen molar-refractivity contribution >= 4 is 11.9 Å². The Labute approximate surface area is 130 Å². The van der Waals surface area contributed by atoms with Crippen LogP contribution in [0.15, 0.2) is 24.3 Å². The summed E-state index contributed by atoms with van der Waals surface area (Å²) in [6, 6.07) is 4.69. The zero-order chi connectivity index (χ0) is 17.6. The second kappa shape index (κ2) is 7.63. The van der Waals surface area contributed by atoms with E-state index in [4.69, 9.17) is 10.4 Å². The fraction of sp³-hybridized carbons (Fsp3) is 0.400. The van der Waals surface area contributed by atoms with Crippen LogP contribution in [0.3, 0.4) is 0 Å². The Hall–Kier alpha value is -2.56. The molecule has 0 heterocycles. The first-order valence-corrected chi connectivity index (χ1v) is 6.71. The number of hydrogen-bond donors (Lipinski definition) is 2. The standard InChI is InChI=1S/C15H15F3N2O3/c1-9(8-19)6-12(14(22)23)20-13(21)7-10-2-4-11(5-3-10)15(16,17)18/h2-5,9,12H,6-7H2,1H3,(H,20,21)(H,22,23)/t9-,12+/m1/s1. The summed E-state index contributed by atoms with van der Waals surface area (Å²) < 4.78 is 37.3. The van der Waals surface area contributed by atoms with Gasteiger partial charge in [0.25, 0.3) is 0 Å². The lowest BCUT2D eigenvalue weighted by Gasteiger charge is -2.15. The number of benzene rings is 1. The van der Waals surface area contributed by atoms with Gasteiger partial charge in [-0.05, 0) is 31.0 Å². The van der Waals surface area contributed by atoms with Crippen LogP contribution in [0.1, 0.15) is 24.5 Å². The Morgan fingerprint density at radius 3 is 2.30 bits per heavy atom. The van der Waals surface area contributed by atoms with Gasteiger partial charge < -0.3 is 10.4 Å². The van der Waals surface area contributed by atoms with E-state index in [9.17, 15) is 22.8 Å². The summed E-state index contributed by atoms with van der Waals surface area (Å²) in [6.07, 6.45) is -4.75. The van der Waals surface area contributed by atoms with Gasteiger partial charge in [0, 0.05) is 5.92 Å². The number of carbonyl (C=O) groups is 2. The molecule has 0 radical (unpaired) electrons. The van der Waals surface area contributed by atoms with E-state index in [-0.39, 0.29) is 12.8 Å². The molecule has 124 valence electrons. The Kier molecular flexibility index (Phi) is 6.13. The van der Waals surface area contributed by atoms with Crippen LogP contribution in [0.25, 0.3) is 0 Å². The number of nitrogens with one attached hydrogen (secondary N) is 1. The summed E-state index contributed by atoms with van der Waals surface area (Å²) in [5.41, 5.74) is -0.499. The summed E-state index contributed by atoms with van der Waals surface area (Å²) >= 11 is 0. The van der Waals surface area contributed by atoms with E-state index in [1.807, 2.05) is 6.07 Å². The summed E-state index contributed by atoms with van der Waals surface area (Å²) in [5.74, 6) is -2.46. The molecule has 0 aliphatic carbocycles. The normalized spacial score (nSPS) is 13.7. The maximum Gasteiger partial charge on any atom is 0.416 e. The molecule has 1 rings (SSSR count). The maximum atomic E-state index is 12.4. The summed E-state index contributed by atoms with van der Waals surface area (Å²) in [4.78, 5) is 22.8. The highest BCUT2D eigenvalue weighted by molar-refractivity contribution is 5.84. The van der Waals surface area contributed by atoms with Crippen LogP contribution in [0.4, 0.5) is 13.2 Å². The molecule has 1 aromatic carbocycles. The molecule has 1 amide bonds. The smallest absolute Gasteiger partial charge is 0.416 e. The van der Waals surface area contributed by atoms with Crippen molar-refractivity contribution < 1.29 is 27.9 Å². The van der Waals surface area contributed by atoms with Crippen molar-refractivity contribution in [3.05, 3.63) is 35.4 Å². The maximum absolute atomic E-state index is 12.4. The fourth-order valence-corrected chi connectivity index (χ4v) is 1.87. The van der Waals surface area contributed by atoms with Crippen molar-refractivity contribution in [3.63, 3.8) is 0 Å². The van der Waals surface area contributed by atoms with Gasteiger partial charge in [-0.1, -0.05) is 12.1 Å². The number of carbonyl (C=O) groups excluding carboxylic acids is 1. The molecule has 0 aliphatic rings. The molecule has 2 N–H and O–H groups in total. The zero-order valence-electron chi connectivity index (χ0n) is 12.2. The Morgan fingerprint density at radius 2 is 1.87 bits per heavy atom. The monoisotopic (exact) mass is 328 g/mol. The number of carboxylic acids is 1. The van der Waals surface area contributed by atoms with Gasteiger partial charge in [0.1, 0.15) is 6.04 Å². The number of amides is 1. The first-order valence-electron chi connectivity index (χ1n) is 6.71. The highest BCUT2D eigenvalue weighted by Crippen LogP contribution is 2.29. The molecule has 23 heavy (non-hydrogen) atoms. The Bertz CT molecular complexity index is 606. The molecular weight excluding hydrogens is 313 g/mol. The number of nitrogens with zero attached hydrogens (tertiary/aromatic N) is 1. The molecule has 0 aliphatic heterocycles. The fourth-order valence-electron chi connectivity index (χ4n) is 1.87. The predicted molar refractivity (Wildman–Crippen MR) is 74.1 cm³/mol. The molecule has 0 aromatic heterocycles. The highest BCUT2D eigenvalue weighted by atomic mass is 19.4. The lowest BCUT2D eigenvalue weighted by Crippen LogP contribution is -2.42. The van der Waals surface area contributed by atoms with Crippen LogP contribution in [0.5, 0.6) is 0 Å². The number of rotatable bonds is 6. The van der Waals surface area contributed by atoms with Crippen LogP contribution in [-0.4, -0.2) is 23.0 Å². The average Bonchev–Trinajstić information content (AvgIpc) is 2.45. The van der Waals surface area contributed by atoms with Gasteiger partial charge in [-0.15, -0.1) is 0 Å². The second-order valence-electron chi connectivity index (χ2n) is 5.10. The van der Waals surface area contributed by atoms with E-state index < -0.39 is 35.6 Å². The van der Waals surface area contributed by atoms with Crippen LogP contribution < -0.4 is 5.32 Å². The predicted octanol–water partition coefficient (Wildman–Crippen LogP) is 2.37. The van der Waals surface area contributed by atoms with E-state index in [1.165, 1.54) is 6.92 Å². The number of carboxylic acid groups (broad SMARTS) is 1. The molecule has 0 saturated heterocycles. The summed E-state index contributed by atoms with van der Waals surface area (Å²) in [7, 11) is 0. The van der Waals surface area contributed by atoms with Gasteiger partial charge in [0.2, 0.25) is 5.91 Å². The highest BCUT2D eigenvalue weighted by Gasteiger charge is 2.30. The topological polar surface area (TPSA) is 90.2 Å². The summed E-state index contributed by atoms with van der Waals surface area (Å²) in [5, 5.41) is 20.0. The van der Waals surface area contributed by atoms with Crippen molar-refractivity contribution in [3.8, 4) is 6.07 Å². The molecule has 0 spiro atoms. The largest absolute Gasteiger partial charge is 0.480 e. The van der Waals surface area contributed by atoms with E-state index in [1.54, 1.807) is 0 Å². The SMILES string of the molecule is C[C@@H](C#N)C[C@H](NC(=O)Cc1ccc(C(F)(F)F)cc1)C(=O)O. The van der Waals surface area contributed by atoms with Crippen LogP contribution >= 0.6 is 0 Å². The molecule has 2 atom stereocenters. The van der Waals surface area contributed by atoms with Crippen molar-refractivity contribution in [1.29, 1.82) is 5.26 Å². The summed E-state index contributed by atoms with van der Waals surface area (Å²) in [6.45, 7) is 1.53. The van der Waals surface area contributed by atoms with E-state index in [2.05, 4.69) is 5.32 Å². The third kappa shape index (κ3) is 5.98.